The molecule has 2 aromatic carbocycles. The number of hydrogen-bond donors (Lipinski definition) is 1. The van der Waals surface area contributed by atoms with E-state index >= 15 is 0 Å². The molecule has 0 atom stereocenters. The fourth-order valence-electron chi connectivity index (χ4n) is 4.14. The van der Waals surface area contributed by atoms with Crippen LogP contribution in [0.25, 0.3) is 16.5 Å². The molecule has 0 radical (unpaired) electrons. The van der Waals surface area contributed by atoms with Crippen molar-refractivity contribution >= 4 is 60.6 Å². The summed E-state index contributed by atoms with van der Waals surface area (Å²) in [6.45, 7) is 2.91. The lowest BCUT2D eigenvalue weighted by Gasteiger charge is -2.26. The average molecular weight is 603 g/mol. The second-order valence-corrected chi connectivity index (χ2v) is 11.9. The predicted molar refractivity (Wildman–Crippen MR) is 150 cm³/mol. The number of sulfonamides is 1. The summed E-state index contributed by atoms with van der Waals surface area (Å²) in [5, 5.41) is 9.49. The van der Waals surface area contributed by atoms with Gasteiger partial charge in [0.1, 0.15) is 5.00 Å². The van der Waals surface area contributed by atoms with Crippen LogP contribution in [0.4, 0.5) is 5.00 Å². The lowest BCUT2D eigenvalue weighted by atomic mass is 10.2. The number of benzene rings is 2. The van der Waals surface area contributed by atoms with E-state index in [9.17, 15) is 22.8 Å². The molecule has 1 amide bonds. The molecular formula is C26H23ClN4O7S2. The molecule has 208 valence electrons. The maximum absolute atomic E-state index is 13.5. The Balaban J connectivity index is 1.49. The number of anilines is 1. The fraction of sp³-hybridized carbons (Fsp3) is 0.231. The molecule has 14 heteroatoms. The topological polar surface area (TPSA) is 137 Å². The van der Waals surface area contributed by atoms with Crippen molar-refractivity contribution in [3.05, 3.63) is 80.5 Å². The van der Waals surface area contributed by atoms with Gasteiger partial charge in [-0.25, -0.2) is 13.2 Å². The minimum absolute atomic E-state index is 0.0588. The van der Waals surface area contributed by atoms with Crippen LogP contribution in [0.3, 0.4) is 0 Å². The van der Waals surface area contributed by atoms with E-state index in [1.807, 2.05) is 0 Å². The SMILES string of the molecule is CCOC(=O)c1nn(-c2ccc(Cl)cc2)c(=O)c2c(NC(=O)c3ccc(S(=O)(=O)N4CCOCC4)cc3)scc12. The number of esters is 1. The Morgan fingerprint density at radius 1 is 1.10 bits per heavy atom. The Kier molecular flexibility index (Phi) is 8.01. The molecule has 5 rings (SSSR count). The van der Waals surface area contributed by atoms with Crippen molar-refractivity contribution in [2.75, 3.05) is 38.2 Å². The first-order chi connectivity index (χ1) is 19.2. The Labute approximate surface area is 237 Å². The van der Waals surface area contributed by atoms with Gasteiger partial charge in [-0.05, 0) is 55.5 Å². The second kappa shape index (κ2) is 11.5. The first kappa shape index (κ1) is 27.9. The lowest BCUT2D eigenvalue weighted by molar-refractivity contribution is 0.0519. The summed E-state index contributed by atoms with van der Waals surface area (Å²) in [4.78, 5) is 39.5. The van der Waals surface area contributed by atoms with Crippen LogP contribution in [0, 0.1) is 0 Å². The summed E-state index contributed by atoms with van der Waals surface area (Å²) in [5.74, 6) is -1.28. The number of halogens is 1. The molecule has 40 heavy (non-hydrogen) atoms. The molecule has 0 bridgehead atoms. The van der Waals surface area contributed by atoms with Crippen molar-refractivity contribution in [1.29, 1.82) is 0 Å². The highest BCUT2D eigenvalue weighted by Gasteiger charge is 2.27. The standard InChI is InChI=1S/C26H23ClN4O7S2/c1-2-38-26(34)22-20-15-39-24(21(20)25(33)31(29-22)18-7-5-17(27)6-8-18)28-23(32)16-3-9-19(10-4-16)40(35,36)30-11-13-37-14-12-30/h3-10,15H,2,11-14H2,1H3,(H,28,32). The van der Waals surface area contributed by atoms with Crippen LogP contribution in [0.1, 0.15) is 27.8 Å². The third kappa shape index (κ3) is 5.38. The van der Waals surface area contributed by atoms with E-state index in [2.05, 4.69) is 10.4 Å². The van der Waals surface area contributed by atoms with Crippen LogP contribution in [-0.2, 0) is 19.5 Å². The number of hydrogen-bond acceptors (Lipinski definition) is 9. The Morgan fingerprint density at radius 3 is 2.42 bits per heavy atom. The molecular weight excluding hydrogens is 580 g/mol. The number of nitrogens with one attached hydrogen (secondary N) is 1. The van der Waals surface area contributed by atoms with Crippen molar-refractivity contribution < 1.29 is 27.5 Å². The summed E-state index contributed by atoms with van der Waals surface area (Å²) < 4.78 is 38.5. The number of morpholine rings is 1. The molecule has 4 aromatic rings. The largest absolute Gasteiger partial charge is 0.461 e. The number of aromatic nitrogens is 2. The van der Waals surface area contributed by atoms with Crippen molar-refractivity contribution in [1.82, 2.24) is 14.1 Å². The average Bonchev–Trinajstić information content (AvgIpc) is 3.38. The fourth-order valence-corrected chi connectivity index (χ4v) is 6.60. The zero-order chi connectivity index (χ0) is 28.4. The van der Waals surface area contributed by atoms with E-state index in [1.165, 1.54) is 28.6 Å². The summed E-state index contributed by atoms with van der Waals surface area (Å²) in [6, 6.07) is 11.8. The molecule has 0 saturated carbocycles. The van der Waals surface area contributed by atoms with Gasteiger partial charge < -0.3 is 14.8 Å². The number of carbonyl (C=O) groups excluding carboxylic acids is 2. The molecule has 1 saturated heterocycles. The van der Waals surface area contributed by atoms with Gasteiger partial charge in [0.05, 0.1) is 35.8 Å². The predicted octanol–water partition coefficient (Wildman–Crippen LogP) is 3.55. The van der Waals surface area contributed by atoms with Crippen LogP contribution < -0.4 is 10.9 Å². The molecule has 0 aliphatic carbocycles. The van der Waals surface area contributed by atoms with Crippen LogP contribution in [0.2, 0.25) is 5.02 Å². The van der Waals surface area contributed by atoms with E-state index in [1.54, 1.807) is 36.6 Å². The molecule has 1 aliphatic rings. The quantitative estimate of drug-likeness (QED) is 0.317. The summed E-state index contributed by atoms with van der Waals surface area (Å²) >= 11 is 7.04. The van der Waals surface area contributed by atoms with E-state index in [0.29, 0.717) is 23.9 Å². The van der Waals surface area contributed by atoms with E-state index in [4.69, 9.17) is 21.1 Å². The van der Waals surface area contributed by atoms with Gasteiger partial charge in [-0.2, -0.15) is 14.1 Å². The molecule has 1 N–H and O–H groups in total. The third-order valence-corrected chi connectivity index (χ3v) is 9.20. The van der Waals surface area contributed by atoms with Gasteiger partial charge in [0.2, 0.25) is 10.0 Å². The number of nitrogens with zero attached hydrogens (tertiary/aromatic N) is 3. The minimum Gasteiger partial charge on any atom is -0.461 e. The maximum Gasteiger partial charge on any atom is 0.359 e. The van der Waals surface area contributed by atoms with Crippen molar-refractivity contribution in [2.24, 2.45) is 0 Å². The number of amides is 1. The van der Waals surface area contributed by atoms with E-state index < -0.39 is 27.5 Å². The van der Waals surface area contributed by atoms with Gasteiger partial charge in [0, 0.05) is 34.4 Å². The Hall–Kier alpha value is -3.62. The summed E-state index contributed by atoms with van der Waals surface area (Å²) in [6.07, 6.45) is 0. The minimum atomic E-state index is -3.72. The molecule has 2 aromatic heterocycles. The van der Waals surface area contributed by atoms with E-state index in [-0.39, 0.29) is 51.6 Å². The van der Waals surface area contributed by atoms with Gasteiger partial charge in [-0.1, -0.05) is 11.6 Å². The molecule has 0 unspecified atom stereocenters. The highest BCUT2D eigenvalue weighted by atomic mass is 35.5. The third-order valence-electron chi connectivity index (χ3n) is 6.14. The number of rotatable bonds is 7. The van der Waals surface area contributed by atoms with Crippen LogP contribution >= 0.6 is 22.9 Å². The maximum atomic E-state index is 13.5. The Bertz CT molecular complexity index is 1740. The van der Waals surface area contributed by atoms with Crippen LogP contribution in [0.5, 0.6) is 0 Å². The second-order valence-electron chi connectivity index (χ2n) is 8.61. The molecule has 11 nitrogen and oxygen atoms in total. The normalized spacial score (nSPS) is 14.2. The zero-order valence-electron chi connectivity index (χ0n) is 21.1. The lowest BCUT2D eigenvalue weighted by Crippen LogP contribution is -2.40. The van der Waals surface area contributed by atoms with Gasteiger partial charge in [0.25, 0.3) is 11.5 Å². The summed E-state index contributed by atoms with van der Waals surface area (Å²) in [5.41, 5.74) is -0.0998. The van der Waals surface area contributed by atoms with E-state index in [0.717, 1.165) is 16.0 Å². The highest BCUT2D eigenvalue weighted by Crippen LogP contribution is 2.31. The number of carbonyl (C=O) groups is 2. The molecule has 3 heterocycles. The monoisotopic (exact) mass is 602 g/mol. The van der Waals surface area contributed by atoms with Gasteiger partial charge in [0.15, 0.2) is 5.69 Å². The molecule has 0 spiro atoms. The van der Waals surface area contributed by atoms with Crippen LogP contribution in [-0.4, -0.2) is 67.3 Å². The molecule has 1 fully saturated rings. The summed E-state index contributed by atoms with van der Waals surface area (Å²) in [7, 11) is -3.72. The molecule has 1 aliphatic heterocycles. The van der Waals surface area contributed by atoms with Gasteiger partial charge >= 0.3 is 5.97 Å². The first-order valence-electron chi connectivity index (χ1n) is 12.2. The van der Waals surface area contributed by atoms with Gasteiger partial charge in [-0.3, -0.25) is 9.59 Å². The number of ether oxygens (including phenoxy) is 2. The van der Waals surface area contributed by atoms with Gasteiger partial charge in [-0.15, -0.1) is 11.3 Å². The Morgan fingerprint density at radius 2 is 1.77 bits per heavy atom. The number of thiophene rings is 1. The highest BCUT2D eigenvalue weighted by molar-refractivity contribution is 7.89. The first-order valence-corrected chi connectivity index (χ1v) is 14.9. The van der Waals surface area contributed by atoms with Crippen LogP contribution in [0.15, 0.2) is 63.6 Å². The zero-order valence-corrected chi connectivity index (χ0v) is 23.5. The van der Waals surface area contributed by atoms with Crippen molar-refractivity contribution in [3.63, 3.8) is 0 Å². The van der Waals surface area contributed by atoms with Crippen molar-refractivity contribution in [3.8, 4) is 5.69 Å². The number of fused-ring (bicyclic) bond motifs is 1. The van der Waals surface area contributed by atoms with Crippen molar-refractivity contribution in [2.45, 2.75) is 11.8 Å². The smallest absolute Gasteiger partial charge is 0.359 e.